The lowest BCUT2D eigenvalue weighted by Crippen LogP contribution is -2.44. The molecule has 0 bridgehead atoms. The monoisotopic (exact) mass is 426 g/mol. The van der Waals surface area contributed by atoms with Crippen LogP contribution in [0.3, 0.4) is 0 Å². The molecule has 0 aromatic carbocycles. The van der Waals surface area contributed by atoms with Crippen molar-refractivity contribution in [3.63, 3.8) is 0 Å². The lowest BCUT2D eigenvalue weighted by Gasteiger charge is -2.24. The van der Waals surface area contributed by atoms with Gasteiger partial charge in [-0.25, -0.2) is 0 Å². The molecule has 0 aromatic rings. The highest BCUT2D eigenvalue weighted by atomic mass is 28.4. The van der Waals surface area contributed by atoms with E-state index in [4.69, 9.17) is 36.0 Å². The number of rotatable bonds is 16. The van der Waals surface area contributed by atoms with E-state index in [1.807, 2.05) is 20.8 Å². The van der Waals surface area contributed by atoms with E-state index >= 15 is 0 Å². The first-order valence-electron chi connectivity index (χ1n) is 9.41. The molecule has 162 valence electrons. The van der Waals surface area contributed by atoms with E-state index in [-0.39, 0.29) is 0 Å². The maximum atomic E-state index is 5.44. The smallest absolute Gasteiger partial charge is 0.379 e. The van der Waals surface area contributed by atoms with Gasteiger partial charge in [0.25, 0.3) is 0 Å². The summed E-state index contributed by atoms with van der Waals surface area (Å²) >= 11 is 0. The number of ether oxygens (including phenoxy) is 2. The van der Waals surface area contributed by atoms with Gasteiger partial charge in [-0.3, -0.25) is 0 Å². The lowest BCUT2D eigenvalue weighted by atomic mass is 10.5. The van der Waals surface area contributed by atoms with Gasteiger partial charge in [0, 0.05) is 53.8 Å². The van der Waals surface area contributed by atoms with Crippen LogP contribution in [0.2, 0.25) is 6.04 Å². The fourth-order valence-corrected chi connectivity index (χ4v) is 5.73. The molecular formula is C17H38O8Si2. The molecule has 0 aliphatic carbocycles. The van der Waals surface area contributed by atoms with E-state index in [1.165, 1.54) is 0 Å². The van der Waals surface area contributed by atoms with Crippen LogP contribution in [-0.4, -0.2) is 84.7 Å². The summed E-state index contributed by atoms with van der Waals surface area (Å²) in [7, 11) is -0.0264. The predicted octanol–water partition coefficient (Wildman–Crippen LogP) is 2.43. The molecule has 27 heavy (non-hydrogen) atoms. The molecular weight excluding hydrogens is 388 g/mol. The minimum Gasteiger partial charge on any atom is -0.379 e. The van der Waals surface area contributed by atoms with Crippen LogP contribution in [0.1, 0.15) is 27.2 Å². The third-order valence-corrected chi connectivity index (χ3v) is 9.10. The van der Waals surface area contributed by atoms with Crippen LogP contribution in [0.15, 0.2) is 12.3 Å². The lowest BCUT2D eigenvalue weighted by molar-refractivity contribution is 0.0843. The maximum Gasteiger partial charge on any atom is 0.528 e. The molecule has 1 rings (SSSR count). The Hall–Kier alpha value is -0.146. The van der Waals surface area contributed by atoms with E-state index in [2.05, 4.69) is 6.58 Å². The summed E-state index contributed by atoms with van der Waals surface area (Å²) in [5.74, 6) is 0. The molecule has 1 aliphatic rings. The summed E-state index contributed by atoms with van der Waals surface area (Å²) < 4.78 is 42.6. The third-order valence-electron chi connectivity index (χ3n) is 3.70. The van der Waals surface area contributed by atoms with Crippen LogP contribution in [0, 0.1) is 0 Å². The minimum absolute atomic E-state index is 0.333. The normalized spacial score (nSPS) is 16.6. The molecule has 1 fully saturated rings. The standard InChI is InChI=1S/C9H20O5Si.C8H18O3Si/c1-10-15(11-2,12-3)6-4-5-13-7-9-8-14-9;1-5-9-12(8-4,10-6-2)11-7-3/h9H,4-8H2,1-3H3;8H,4-7H2,1-3H3. The Morgan fingerprint density at radius 3 is 1.78 bits per heavy atom. The zero-order chi connectivity index (χ0) is 20.6. The molecule has 0 N–H and O–H groups in total. The van der Waals surface area contributed by atoms with Gasteiger partial charge in [0.2, 0.25) is 0 Å². The first kappa shape index (κ1) is 26.9. The molecule has 0 amide bonds. The summed E-state index contributed by atoms with van der Waals surface area (Å²) in [5.41, 5.74) is 1.67. The summed E-state index contributed by atoms with van der Waals surface area (Å²) in [6.45, 7) is 13.5. The molecule has 0 aromatic heterocycles. The van der Waals surface area contributed by atoms with E-state index in [0.29, 0.717) is 39.1 Å². The Morgan fingerprint density at radius 1 is 0.963 bits per heavy atom. The topological polar surface area (TPSA) is 77.1 Å². The van der Waals surface area contributed by atoms with Gasteiger partial charge in [-0.1, -0.05) is 6.58 Å². The molecule has 1 heterocycles. The van der Waals surface area contributed by atoms with Crippen LogP contribution in [0.4, 0.5) is 0 Å². The largest absolute Gasteiger partial charge is 0.528 e. The number of epoxide rings is 1. The van der Waals surface area contributed by atoms with Crippen LogP contribution >= 0.6 is 0 Å². The van der Waals surface area contributed by atoms with Crippen molar-refractivity contribution >= 4 is 17.6 Å². The van der Waals surface area contributed by atoms with Gasteiger partial charge < -0.3 is 36.0 Å². The molecule has 0 saturated carbocycles. The van der Waals surface area contributed by atoms with Crippen molar-refractivity contribution < 1.29 is 36.0 Å². The Morgan fingerprint density at radius 2 is 1.44 bits per heavy atom. The third kappa shape index (κ3) is 11.4. The van der Waals surface area contributed by atoms with E-state index in [1.54, 1.807) is 27.0 Å². The van der Waals surface area contributed by atoms with Crippen molar-refractivity contribution in [2.45, 2.75) is 39.3 Å². The summed E-state index contributed by atoms with van der Waals surface area (Å²) in [6.07, 6.45) is 1.22. The van der Waals surface area contributed by atoms with E-state index in [9.17, 15) is 0 Å². The van der Waals surface area contributed by atoms with Crippen molar-refractivity contribution in [1.29, 1.82) is 0 Å². The Labute approximate surface area is 166 Å². The highest BCUT2D eigenvalue weighted by Gasteiger charge is 2.37. The molecule has 0 spiro atoms. The van der Waals surface area contributed by atoms with Gasteiger partial charge in [-0.05, 0) is 32.9 Å². The van der Waals surface area contributed by atoms with E-state index in [0.717, 1.165) is 19.1 Å². The zero-order valence-corrected chi connectivity index (χ0v) is 19.8. The molecule has 0 radical (unpaired) electrons. The van der Waals surface area contributed by atoms with Crippen molar-refractivity contribution in [1.82, 2.24) is 0 Å². The Bertz CT molecular complexity index is 340. The summed E-state index contributed by atoms with van der Waals surface area (Å²) in [6, 6.07) is 0.780. The average molecular weight is 427 g/mol. The molecule has 10 heteroatoms. The average Bonchev–Trinajstić information content (AvgIpc) is 3.51. The van der Waals surface area contributed by atoms with Crippen LogP contribution in [-0.2, 0) is 36.0 Å². The van der Waals surface area contributed by atoms with Gasteiger partial charge in [-0.2, -0.15) is 0 Å². The second-order valence-corrected chi connectivity index (χ2v) is 11.1. The van der Waals surface area contributed by atoms with E-state index < -0.39 is 17.6 Å². The Kier molecular flexibility index (Phi) is 15.7. The molecule has 1 saturated heterocycles. The first-order valence-corrected chi connectivity index (χ1v) is 13.1. The van der Waals surface area contributed by atoms with Crippen molar-refractivity contribution in [3.8, 4) is 0 Å². The highest BCUT2D eigenvalue weighted by Crippen LogP contribution is 2.15. The van der Waals surface area contributed by atoms with Crippen LogP contribution < -0.4 is 0 Å². The van der Waals surface area contributed by atoms with Gasteiger partial charge in [0.05, 0.1) is 13.2 Å². The maximum absolute atomic E-state index is 5.44. The highest BCUT2D eigenvalue weighted by molar-refractivity contribution is 6.66. The fraction of sp³-hybridized carbons (Fsp3) is 0.882. The van der Waals surface area contributed by atoms with Crippen LogP contribution in [0.25, 0.3) is 0 Å². The molecule has 1 aliphatic heterocycles. The summed E-state index contributed by atoms with van der Waals surface area (Å²) in [4.78, 5) is 0. The van der Waals surface area contributed by atoms with Crippen molar-refractivity contribution in [2.24, 2.45) is 0 Å². The molecule has 8 nitrogen and oxygen atoms in total. The zero-order valence-electron chi connectivity index (χ0n) is 17.8. The van der Waals surface area contributed by atoms with Gasteiger partial charge >= 0.3 is 17.6 Å². The summed E-state index contributed by atoms with van der Waals surface area (Å²) in [5, 5.41) is 0. The quantitative estimate of drug-likeness (QED) is 0.212. The SMILES string of the molecule is C=C[Si](OCC)(OCC)OCC.CO[Si](CCCOCC1CO1)(OC)OC. The van der Waals surface area contributed by atoms with Crippen molar-refractivity contribution in [2.75, 3.05) is 61.0 Å². The minimum atomic E-state index is -2.51. The molecule has 1 unspecified atom stereocenters. The first-order chi connectivity index (χ1) is 13.0. The van der Waals surface area contributed by atoms with Gasteiger partial charge in [0.1, 0.15) is 6.10 Å². The Balaban J connectivity index is 0.000000516. The van der Waals surface area contributed by atoms with Gasteiger partial charge in [-0.15, -0.1) is 0 Å². The second-order valence-electron chi connectivity index (χ2n) is 5.54. The second kappa shape index (κ2) is 15.7. The van der Waals surface area contributed by atoms with Gasteiger partial charge in [0.15, 0.2) is 0 Å². The molecule has 1 atom stereocenters. The fourth-order valence-electron chi connectivity index (χ4n) is 2.23. The number of hydrogen-bond acceptors (Lipinski definition) is 8. The number of hydrogen-bond donors (Lipinski definition) is 0. The predicted molar refractivity (Wildman–Crippen MR) is 108 cm³/mol. The van der Waals surface area contributed by atoms with Crippen molar-refractivity contribution in [3.05, 3.63) is 12.3 Å². The van der Waals surface area contributed by atoms with Crippen LogP contribution in [0.5, 0.6) is 0 Å².